The van der Waals surface area contributed by atoms with E-state index in [1.165, 1.54) is 49.7 Å². The van der Waals surface area contributed by atoms with Crippen LogP contribution in [-0.2, 0) is 20.2 Å². The van der Waals surface area contributed by atoms with Gasteiger partial charge in [-0.25, -0.2) is 4.79 Å². The van der Waals surface area contributed by atoms with Gasteiger partial charge in [-0.15, -0.1) is 0 Å². The van der Waals surface area contributed by atoms with E-state index in [0.717, 1.165) is 25.7 Å². The monoisotopic (exact) mass is 519 g/mol. The number of amides is 1. The van der Waals surface area contributed by atoms with E-state index in [2.05, 4.69) is 36.5 Å². The third kappa shape index (κ3) is 11.2. The average molecular weight is 520 g/mol. The number of carbonyl (C=O) groups excluding carboxylic acids is 1. The van der Waals surface area contributed by atoms with Crippen LogP contribution < -0.4 is 5.32 Å². The topological polar surface area (TPSA) is 64.6 Å². The highest BCUT2D eigenvalue weighted by atomic mass is 31.2. The van der Waals surface area contributed by atoms with Crippen LogP contribution in [0.2, 0.25) is 0 Å². The minimum atomic E-state index is -2.81. The molecule has 2 unspecified atom stereocenters. The molecular formula is C30H50NO4P. The molecule has 0 saturated heterocycles. The van der Waals surface area contributed by atoms with Gasteiger partial charge in [-0.2, -0.15) is 0 Å². The molecule has 1 aromatic carbocycles. The van der Waals surface area contributed by atoms with E-state index in [9.17, 15) is 9.36 Å². The molecule has 0 heterocycles. The third-order valence-electron chi connectivity index (χ3n) is 6.98. The molecule has 3 atom stereocenters. The zero-order valence-electron chi connectivity index (χ0n) is 23.6. The molecule has 1 amide bonds. The van der Waals surface area contributed by atoms with E-state index < -0.39 is 19.1 Å². The molecule has 0 aromatic heterocycles. The van der Waals surface area contributed by atoms with E-state index in [1.54, 1.807) is 12.5 Å². The number of hydrogen-bond acceptors (Lipinski definition) is 4. The highest BCUT2D eigenvalue weighted by molar-refractivity contribution is 7.61. The van der Waals surface area contributed by atoms with Gasteiger partial charge >= 0.3 is 6.09 Å². The fraction of sp³-hybridized carbons (Fsp3) is 0.700. The van der Waals surface area contributed by atoms with Crippen molar-refractivity contribution in [2.75, 3.05) is 19.8 Å². The fourth-order valence-electron chi connectivity index (χ4n) is 5.03. The Bertz CT molecular complexity index is 874. The highest BCUT2D eigenvalue weighted by Crippen LogP contribution is 2.51. The van der Waals surface area contributed by atoms with Crippen LogP contribution in [-0.4, -0.2) is 31.5 Å². The number of hydrogen-bond donors (Lipinski definition) is 1. The summed E-state index contributed by atoms with van der Waals surface area (Å²) in [5, 5.41) is 2.97. The van der Waals surface area contributed by atoms with Gasteiger partial charge in [-0.05, 0) is 82.7 Å². The lowest BCUT2D eigenvalue weighted by molar-refractivity contribution is 0.0509. The largest absolute Gasteiger partial charge is 0.444 e. The van der Waals surface area contributed by atoms with Gasteiger partial charge in [0.15, 0.2) is 0 Å². The second-order valence-electron chi connectivity index (χ2n) is 11.6. The van der Waals surface area contributed by atoms with Crippen LogP contribution in [0.25, 0.3) is 0 Å². The smallest absolute Gasteiger partial charge is 0.407 e. The van der Waals surface area contributed by atoms with Gasteiger partial charge in [0.05, 0.1) is 6.61 Å². The van der Waals surface area contributed by atoms with Gasteiger partial charge < -0.3 is 14.6 Å². The molecule has 2 rings (SSSR count). The fourth-order valence-corrected chi connectivity index (χ4v) is 6.22. The van der Waals surface area contributed by atoms with Crippen molar-refractivity contribution in [1.82, 2.24) is 5.32 Å². The van der Waals surface area contributed by atoms with Crippen molar-refractivity contribution in [2.24, 2.45) is 5.41 Å². The van der Waals surface area contributed by atoms with Crippen molar-refractivity contribution >= 4 is 13.5 Å². The van der Waals surface area contributed by atoms with Crippen LogP contribution in [0.15, 0.2) is 36.2 Å². The van der Waals surface area contributed by atoms with E-state index in [0.29, 0.717) is 19.1 Å². The maximum absolute atomic E-state index is 12.8. The molecule has 1 fully saturated rings. The molecule has 5 nitrogen and oxygen atoms in total. The Morgan fingerprint density at radius 2 is 1.78 bits per heavy atom. The van der Waals surface area contributed by atoms with Crippen LogP contribution in [0.1, 0.15) is 109 Å². The van der Waals surface area contributed by atoms with E-state index >= 15 is 0 Å². The Morgan fingerprint density at radius 3 is 2.42 bits per heavy atom. The summed E-state index contributed by atoms with van der Waals surface area (Å²) in [4.78, 5) is 12.4. The molecule has 0 spiro atoms. The van der Waals surface area contributed by atoms with Crippen LogP contribution in [0, 0.1) is 5.41 Å². The Morgan fingerprint density at radius 1 is 1.11 bits per heavy atom. The first-order chi connectivity index (χ1) is 17.0. The van der Waals surface area contributed by atoms with Gasteiger partial charge in [0, 0.05) is 18.6 Å². The SMILES string of the molecule is CCCCCCCCc1ccc([C@H]2CCC(/C=C/P(C)(=O)OCC)(CNC(=O)OC(C)(C)C)C2)cc1. The second kappa shape index (κ2) is 14.4. The molecule has 1 saturated carbocycles. The van der Waals surface area contributed by atoms with Gasteiger partial charge in [-0.3, -0.25) is 4.57 Å². The quantitative estimate of drug-likeness (QED) is 0.197. The van der Waals surface area contributed by atoms with Gasteiger partial charge in [0.2, 0.25) is 7.37 Å². The lowest BCUT2D eigenvalue weighted by atomic mass is 9.84. The van der Waals surface area contributed by atoms with Crippen LogP contribution in [0.3, 0.4) is 0 Å². The number of unbranched alkanes of at least 4 members (excludes halogenated alkanes) is 5. The minimum absolute atomic E-state index is 0.276. The van der Waals surface area contributed by atoms with Gasteiger partial charge in [0.25, 0.3) is 0 Å². The summed E-state index contributed by atoms with van der Waals surface area (Å²) in [6.07, 6.45) is 13.5. The van der Waals surface area contributed by atoms with Gasteiger partial charge in [0.1, 0.15) is 5.60 Å². The standard InChI is InChI=1S/C30H50NO4P/c1-7-9-10-11-12-13-14-25-15-17-26(18-16-25)27-19-20-30(23-27,21-22-36(6,33)34-8-2)24-31-28(32)35-29(3,4)5/h15-18,21-22,27H,7-14,19-20,23-24H2,1-6H3,(H,31,32)/b22-21+/t27-,30?,36?/m0/s1. The minimum Gasteiger partial charge on any atom is -0.444 e. The average Bonchev–Trinajstić information content (AvgIpc) is 3.23. The van der Waals surface area contributed by atoms with Crippen LogP contribution >= 0.6 is 7.37 Å². The van der Waals surface area contributed by atoms with Gasteiger partial charge in [-0.1, -0.05) is 69.4 Å². The van der Waals surface area contributed by atoms with Crippen molar-refractivity contribution in [3.05, 3.63) is 47.3 Å². The number of alkyl carbamates (subject to hydrolysis) is 1. The Kier molecular flexibility index (Phi) is 12.2. The summed E-state index contributed by atoms with van der Waals surface area (Å²) in [6, 6.07) is 9.13. The summed E-state index contributed by atoms with van der Waals surface area (Å²) in [6.45, 7) is 12.2. The maximum atomic E-state index is 12.8. The normalized spacial score (nSPS) is 22.0. The number of nitrogens with one attached hydrogen (secondary N) is 1. The van der Waals surface area contributed by atoms with E-state index in [4.69, 9.17) is 9.26 Å². The number of ether oxygens (including phenoxy) is 1. The summed E-state index contributed by atoms with van der Waals surface area (Å²) < 4.78 is 23.7. The maximum Gasteiger partial charge on any atom is 0.407 e. The molecule has 1 aliphatic carbocycles. The van der Waals surface area contributed by atoms with E-state index in [1.807, 2.05) is 33.8 Å². The van der Waals surface area contributed by atoms with Crippen molar-refractivity contribution < 1.29 is 18.6 Å². The van der Waals surface area contributed by atoms with Crippen LogP contribution in [0.5, 0.6) is 0 Å². The van der Waals surface area contributed by atoms with Crippen molar-refractivity contribution in [1.29, 1.82) is 0 Å². The summed E-state index contributed by atoms with van der Waals surface area (Å²) in [5.41, 5.74) is 1.94. The molecular weight excluding hydrogens is 469 g/mol. The molecule has 6 heteroatoms. The first-order valence-corrected chi connectivity index (χ1v) is 16.1. The molecule has 36 heavy (non-hydrogen) atoms. The third-order valence-corrected chi connectivity index (χ3v) is 8.44. The summed E-state index contributed by atoms with van der Waals surface area (Å²) in [5.74, 6) is 2.14. The number of rotatable bonds is 14. The first-order valence-electron chi connectivity index (χ1n) is 14.0. The lowest BCUT2D eigenvalue weighted by Gasteiger charge is -2.28. The molecule has 1 aromatic rings. The number of aryl methyl sites for hydroxylation is 1. The molecule has 0 bridgehead atoms. The summed E-state index contributed by atoms with van der Waals surface area (Å²) in [7, 11) is -2.81. The van der Waals surface area contributed by atoms with Crippen molar-refractivity contribution in [2.45, 2.75) is 110 Å². The Labute approximate surface area is 220 Å². The second-order valence-corrected chi connectivity index (χ2v) is 13.9. The zero-order valence-corrected chi connectivity index (χ0v) is 24.5. The van der Waals surface area contributed by atoms with Crippen LogP contribution in [0.4, 0.5) is 4.79 Å². The first kappa shape index (κ1) is 30.6. The number of carbonyl (C=O) groups is 1. The predicted molar refractivity (Wildman–Crippen MR) is 151 cm³/mol. The molecule has 0 radical (unpaired) electrons. The predicted octanol–water partition coefficient (Wildman–Crippen LogP) is 8.83. The molecule has 1 N–H and O–H groups in total. The van der Waals surface area contributed by atoms with Crippen molar-refractivity contribution in [3.8, 4) is 0 Å². The zero-order chi connectivity index (χ0) is 26.7. The lowest BCUT2D eigenvalue weighted by Crippen LogP contribution is -2.38. The Hall–Kier alpha value is -1.58. The Balaban J connectivity index is 2.03. The molecule has 1 aliphatic rings. The highest BCUT2D eigenvalue weighted by Gasteiger charge is 2.39. The van der Waals surface area contributed by atoms with Crippen molar-refractivity contribution in [3.63, 3.8) is 0 Å². The molecule has 204 valence electrons. The molecule has 0 aliphatic heterocycles. The van der Waals surface area contributed by atoms with E-state index in [-0.39, 0.29) is 5.41 Å². The summed E-state index contributed by atoms with van der Waals surface area (Å²) >= 11 is 0. The number of benzene rings is 1.